The van der Waals surface area contributed by atoms with Crippen LogP contribution in [-0.4, -0.2) is 5.54 Å². The van der Waals surface area contributed by atoms with Crippen LogP contribution in [0.25, 0.3) is 32.3 Å². The zero-order chi connectivity index (χ0) is 36.0. The first kappa shape index (κ1) is 33.5. The lowest BCUT2D eigenvalue weighted by atomic mass is 9.72. The first-order chi connectivity index (χ1) is 25.1. The number of fused-ring (bicyclic) bond motifs is 3. The van der Waals surface area contributed by atoms with Crippen molar-refractivity contribution in [3.05, 3.63) is 175 Å². The monoisotopic (exact) mass is 676 g/mol. The summed E-state index contributed by atoms with van der Waals surface area (Å²) >= 11 is 0. The number of rotatable bonds is 7. The lowest BCUT2D eigenvalue weighted by molar-refractivity contribution is 0.428. The number of anilines is 5. The van der Waals surface area contributed by atoms with Crippen molar-refractivity contribution in [2.75, 3.05) is 9.80 Å². The van der Waals surface area contributed by atoms with Crippen molar-refractivity contribution in [3.8, 4) is 0 Å². The molecule has 258 valence electrons. The highest BCUT2D eigenvalue weighted by atomic mass is 15.2. The molecule has 0 aromatic heterocycles. The zero-order valence-electron chi connectivity index (χ0n) is 31.3. The summed E-state index contributed by atoms with van der Waals surface area (Å²) in [4.78, 5) is 4.97. The van der Waals surface area contributed by atoms with Gasteiger partial charge < -0.3 is 9.80 Å². The van der Waals surface area contributed by atoms with Gasteiger partial charge in [-0.15, -0.1) is 0 Å². The van der Waals surface area contributed by atoms with E-state index in [2.05, 4.69) is 215 Å². The van der Waals surface area contributed by atoms with Gasteiger partial charge in [-0.3, -0.25) is 0 Å². The van der Waals surface area contributed by atoms with E-state index in [1.807, 2.05) is 0 Å². The van der Waals surface area contributed by atoms with Crippen molar-refractivity contribution in [2.45, 2.75) is 53.5 Å². The lowest BCUT2D eigenvalue weighted by Gasteiger charge is -2.46. The van der Waals surface area contributed by atoms with Crippen LogP contribution in [0.3, 0.4) is 0 Å². The van der Waals surface area contributed by atoms with Crippen LogP contribution in [0, 0.1) is 11.3 Å². The fourth-order valence-corrected chi connectivity index (χ4v) is 8.36. The number of nitrogens with zero attached hydrogens (tertiary/aromatic N) is 2. The molecule has 0 fully saturated rings. The average molecular weight is 677 g/mol. The molecule has 0 amide bonds. The molecular formula is C50H48N2. The van der Waals surface area contributed by atoms with Gasteiger partial charge in [-0.2, -0.15) is 0 Å². The molecule has 0 heterocycles. The van der Waals surface area contributed by atoms with Crippen LogP contribution in [0.4, 0.5) is 28.4 Å². The Labute approximate surface area is 309 Å². The number of allylic oxidation sites excluding steroid dienone is 3. The predicted octanol–water partition coefficient (Wildman–Crippen LogP) is 14.5. The van der Waals surface area contributed by atoms with Gasteiger partial charge >= 0.3 is 0 Å². The van der Waals surface area contributed by atoms with Gasteiger partial charge in [0.25, 0.3) is 0 Å². The topological polar surface area (TPSA) is 6.48 Å². The van der Waals surface area contributed by atoms with Crippen LogP contribution in [0.1, 0.15) is 48.0 Å². The van der Waals surface area contributed by atoms with E-state index in [9.17, 15) is 0 Å². The SMILES string of the molecule is CC1CC(C(C)(C)C)=CC=C1C(C)(C)N(c1ccc(N(c2ccc3ccccc3c2)c2cccc3ccccc23)cc1)c1ccc2ccccc2c1. The summed E-state index contributed by atoms with van der Waals surface area (Å²) in [6, 6.07) is 55.5. The van der Waals surface area contributed by atoms with E-state index < -0.39 is 0 Å². The maximum atomic E-state index is 2.56. The highest BCUT2D eigenvalue weighted by Crippen LogP contribution is 2.46. The van der Waals surface area contributed by atoms with Gasteiger partial charge in [0.2, 0.25) is 0 Å². The summed E-state index contributed by atoms with van der Waals surface area (Å²) in [6.07, 6.45) is 5.89. The van der Waals surface area contributed by atoms with E-state index in [0.717, 1.165) is 23.5 Å². The second-order valence-corrected chi connectivity index (χ2v) is 16.0. The van der Waals surface area contributed by atoms with Gasteiger partial charge in [0.1, 0.15) is 0 Å². The zero-order valence-corrected chi connectivity index (χ0v) is 31.3. The van der Waals surface area contributed by atoms with Gasteiger partial charge in [-0.25, -0.2) is 0 Å². The fourth-order valence-electron chi connectivity index (χ4n) is 8.36. The van der Waals surface area contributed by atoms with Crippen LogP contribution in [0.5, 0.6) is 0 Å². The van der Waals surface area contributed by atoms with E-state index in [0.29, 0.717) is 5.92 Å². The smallest absolute Gasteiger partial charge is 0.0612 e. The molecule has 7 aromatic rings. The van der Waals surface area contributed by atoms with E-state index in [-0.39, 0.29) is 11.0 Å². The molecule has 7 aromatic carbocycles. The lowest BCUT2D eigenvalue weighted by Crippen LogP contribution is -2.45. The molecule has 0 spiro atoms. The minimum absolute atomic E-state index is 0.162. The van der Waals surface area contributed by atoms with Crippen LogP contribution in [-0.2, 0) is 0 Å². The minimum atomic E-state index is -0.295. The molecule has 8 rings (SSSR count). The Bertz CT molecular complexity index is 2470. The third kappa shape index (κ3) is 6.17. The first-order valence-corrected chi connectivity index (χ1v) is 18.7. The quantitative estimate of drug-likeness (QED) is 0.166. The van der Waals surface area contributed by atoms with Gasteiger partial charge in [0, 0.05) is 28.1 Å². The van der Waals surface area contributed by atoms with Crippen LogP contribution >= 0.6 is 0 Å². The molecule has 0 saturated heterocycles. The highest BCUT2D eigenvalue weighted by Gasteiger charge is 2.37. The van der Waals surface area contributed by atoms with Crippen molar-refractivity contribution < 1.29 is 0 Å². The molecule has 1 aliphatic carbocycles. The fraction of sp³-hybridized carbons (Fsp3) is 0.200. The van der Waals surface area contributed by atoms with Crippen LogP contribution in [0.2, 0.25) is 0 Å². The van der Waals surface area contributed by atoms with Crippen molar-refractivity contribution in [1.82, 2.24) is 0 Å². The Hall–Kier alpha value is -5.60. The summed E-state index contributed by atoms with van der Waals surface area (Å²) in [6.45, 7) is 14.2. The van der Waals surface area contributed by atoms with Gasteiger partial charge in [0.15, 0.2) is 0 Å². The van der Waals surface area contributed by atoms with Crippen LogP contribution < -0.4 is 9.80 Å². The maximum absolute atomic E-state index is 2.56. The molecule has 1 aliphatic rings. The Morgan fingerprint density at radius 3 is 1.63 bits per heavy atom. The number of hydrogen-bond acceptors (Lipinski definition) is 2. The molecule has 1 atom stereocenters. The number of hydrogen-bond donors (Lipinski definition) is 0. The summed E-state index contributed by atoms with van der Waals surface area (Å²) in [5.41, 5.74) is 8.61. The van der Waals surface area contributed by atoms with E-state index in [1.54, 1.807) is 0 Å². The summed E-state index contributed by atoms with van der Waals surface area (Å²) < 4.78 is 0. The van der Waals surface area contributed by atoms with Crippen molar-refractivity contribution >= 4 is 60.8 Å². The molecule has 1 unspecified atom stereocenters. The highest BCUT2D eigenvalue weighted by molar-refractivity contribution is 6.00. The minimum Gasteiger partial charge on any atom is -0.332 e. The van der Waals surface area contributed by atoms with E-state index in [1.165, 1.54) is 54.8 Å². The van der Waals surface area contributed by atoms with Gasteiger partial charge in [-0.1, -0.05) is 142 Å². The molecule has 0 radical (unpaired) electrons. The molecule has 52 heavy (non-hydrogen) atoms. The Balaban J connectivity index is 1.28. The Morgan fingerprint density at radius 2 is 1.00 bits per heavy atom. The normalized spacial score (nSPS) is 15.1. The van der Waals surface area contributed by atoms with Gasteiger partial charge in [0.05, 0.1) is 11.2 Å². The summed E-state index contributed by atoms with van der Waals surface area (Å²) in [5, 5.41) is 7.42. The first-order valence-electron chi connectivity index (χ1n) is 18.7. The third-order valence-corrected chi connectivity index (χ3v) is 11.1. The Kier molecular flexibility index (Phi) is 8.50. The Morgan fingerprint density at radius 1 is 0.481 bits per heavy atom. The molecule has 0 bridgehead atoms. The largest absolute Gasteiger partial charge is 0.332 e. The maximum Gasteiger partial charge on any atom is 0.0612 e. The third-order valence-electron chi connectivity index (χ3n) is 11.1. The standard InChI is InChI=1S/C50H48N2/c1-35-32-41(49(2,3)4)24-31-47(35)50(5,6)52(45-26-23-37-15-8-10-18-40(37)34-45)43-29-27-42(28-30-43)51(44-25-22-36-14-7-9-17-39(36)33-44)48-21-13-19-38-16-11-12-20-46(38)48/h7-31,33-35H,32H2,1-6H3. The average Bonchev–Trinajstić information content (AvgIpc) is 3.15. The summed E-state index contributed by atoms with van der Waals surface area (Å²) in [7, 11) is 0. The van der Waals surface area contributed by atoms with E-state index >= 15 is 0 Å². The molecule has 2 heteroatoms. The molecular weight excluding hydrogens is 629 g/mol. The second kappa shape index (κ2) is 13.2. The van der Waals surface area contributed by atoms with Gasteiger partial charge in [-0.05, 0) is 119 Å². The van der Waals surface area contributed by atoms with Crippen molar-refractivity contribution in [3.63, 3.8) is 0 Å². The van der Waals surface area contributed by atoms with Crippen LogP contribution in [0.15, 0.2) is 175 Å². The van der Waals surface area contributed by atoms with E-state index in [4.69, 9.17) is 0 Å². The van der Waals surface area contributed by atoms with Crippen molar-refractivity contribution in [2.24, 2.45) is 11.3 Å². The van der Waals surface area contributed by atoms with Crippen molar-refractivity contribution in [1.29, 1.82) is 0 Å². The second-order valence-electron chi connectivity index (χ2n) is 16.0. The number of benzene rings is 7. The molecule has 0 aliphatic heterocycles. The molecule has 0 N–H and O–H groups in total. The molecule has 0 saturated carbocycles. The predicted molar refractivity (Wildman–Crippen MR) is 226 cm³/mol. The molecule has 2 nitrogen and oxygen atoms in total. The summed E-state index contributed by atoms with van der Waals surface area (Å²) in [5.74, 6) is 0.422.